The zero-order valence-corrected chi connectivity index (χ0v) is 23.8. The fourth-order valence-electron chi connectivity index (χ4n) is 4.76. The van der Waals surface area contributed by atoms with Crippen molar-refractivity contribution in [2.75, 3.05) is 49.4 Å². The van der Waals surface area contributed by atoms with Gasteiger partial charge in [0.2, 0.25) is 0 Å². The Morgan fingerprint density at radius 2 is 1.68 bits per heavy atom. The van der Waals surface area contributed by atoms with E-state index < -0.39 is 0 Å². The Labute approximate surface area is 244 Å². The maximum absolute atomic E-state index is 12.7. The molecule has 5 rings (SSSR count). The van der Waals surface area contributed by atoms with E-state index >= 15 is 0 Å². The molecule has 0 radical (unpaired) electrons. The Balaban J connectivity index is 1.14. The molecule has 1 saturated heterocycles. The van der Waals surface area contributed by atoms with E-state index in [4.69, 9.17) is 22.2 Å². The molecule has 0 atom stereocenters. The van der Waals surface area contributed by atoms with Gasteiger partial charge in [-0.25, -0.2) is 0 Å². The summed E-state index contributed by atoms with van der Waals surface area (Å²) in [6.07, 6.45) is 0. The van der Waals surface area contributed by atoms with Gasteiger partial charge in [-0.3, -0.25) is 24.7 Å². The Bertz CT molecular complexity index is 1440. The first-order chi connectivity index (χ1) is 19.5. The normalized spacial score (nSPS) is 13.7. The van der Waals surface area contributed by atoms with E-state index in [-0.39, 0.29) is 5.91 Å². The molecule has 206 valence electrons. The highest BCUT2D eigenvalue weighted by Gasteiger charge is 2.19. The summed E-state index contributed by atoms with van der Waals surface area (Å²) in [6, 6.07) is 29.9. The molecule has 0 aliphatic carbocycles. The van der Waals surface area contributed by atoms with Gasteiger partial charge in [-0.2, -0.15) is 0 Å². The van der Waals surface area contributed by atoms with E-state index in [1.807, 2.05) is 48.5 Å². The topological polar surface area (TPSA) is 82.9 Å². The van der Waals surface area contributed by atoms with Gasteiger partial charge in [-0.1, -0.05) is 48.0 Å². The molecule has 40 heavy (non-hydrogen) atoms. The first-order valence-electron chi connectivity index (χ1n) is 13.1. The van der Waals surface area contributed by atoms with Crippen molar-refractivity contribution in [2.45, 2.75) is 11.4 Å². The molecule has 1 heterocycles. The van der Waals surface area contributed by atoms with Crippen molar-refractivity contribution in [3.63, 3.8) is 0 Å². The minimum absolute atomic E-state index is 0.154. The number of piperazine rings is 1. The molecule has 1 aliphatic heterocycles. The Morgan fingerprint density at radius 1 is 0.950 bits per heavy atom. The molecule has 4 N–H and O–H groups in total. The second-order valence-electron chi connectivity index (χ2n) is 9.56. The van der Waals surface area contributed by atoms with Crippen LogP contribution in [-0.4, -0.2) is 44.1 Å². The number of rotatable bonds is 9. The summed E-state index contributed by atoms with van der Waals surface area (Å²) in [6.45, 7) is 4.70. The third-order valence-corrected chi connectivity index (χ3v) is 7.96. The van der Waals surface area contributed by atoms with Crippen LogP contribution < -0.4 is 20.8 Å². The van der Waals surface area contributed by atoms with Crippen LogP contribution in [0, 0.1) is 0 Å². The lowest BCUT2D eigenvalue weighted by atomic mass is 9.99. The molecule has 7 nitrogen and oxygen atoms in total. The summed E-state index contributed by atoms with van der Waals surface area (Å²) in [4.78, 5) is 23.4. The van der Waals surface area contributed by atoms with Gasteiger partial charge in [0.25, 0.3) is 5.91 Å². The third kappa shape index (κ3) is 6.89. The predicted molar refractivity (Wildman–Crippen MR) is 166 cm³/mol. The number of carbonyl (C=O) groups excluding carboxylic acids is 1. The fraction of sp³-hybridized carbons (Fsp3) is 0.194. The lowest BCUT2D eigenvalue weighted by molar-refractivity contribution is 0.0984. The molecule has 0 bridgehead atoms. The molecule has 0 saturated carbocycles. The second-order valence-corrected chi connectivity index (χ2v) is 10.9. The van der Waals surface area contributed by atoms with Crippen LogP contribution in [0.5, 0.6) is 0 Å². The number of anilines is 3. The zero-order valence-electron chi connectivity index (χ0n) is 22.3. The van der Waals surface area contributed by atoms with Crippen molar-refractivity contribution in [2.24, 2.45) is 0 Å². The molecule has 4 aromatic carbocycles. The van der Waals surface area contributed by atoms with E-state index in [1.165, 1.54) is 35.7 Å². The third-order valence-electron chi connectivity index (χ3n) is 6.93. The highest BCUT2D eigenvalue weighted by molar-refractivity contribution is 7.98. The Kier molecular flexibility index (Phi) is 9.13. The molecule has 0 aromatic heterocycles. The first-order valence-corrected chi connectivity index (χ1v) is 14.3. The van der Waals surface area contributed by atoms with E-state index in [9.17, 15) is 4.79 Å². The van der Waals surface area contributed by atoms with Crippen molar-refractivity contribution in [3.8, 4) is 11.1 Å². The second kappa shape index (κ2) is 13.1. The standard InChI is InChI=1S/C31H32ClN5O2S/c1-39-34-30-20-27(14-15-29(30)33)40-35-31(38)23-8-12-26(13-9-23)37-18-16-36(17-19-37)21-24-4-2-3-5-28(24)22-6-10-25(32)11-7-22/h2-15,20,34H,16-19,21,33H2,1H3,(H,35,38). The summed E-state index contributed by atoms with van der Waals surface area (Å²) >= 11 is 7.33. The predicted octanol–water partition coefficient (Wildman–Crippen LogP) is 6.32. The molecule has 0 unspecified atom stereocenters. The number of hydrogen-bond acceptors (Lipinski definition) is 7. The SMILES string of the molecule is CONc1cc(SNC(=O)c2ccc(N3CCN(Cc4ccccc4-c4ccc(Cl)cc4)CC3)cc2)ccc1N. The molecule has 1 fully saturated rings. The zero-order chi connectivity index (χ0) is 27.9. The van der Waals surface area contributed by atoms with Crippen molar-refractivity contribution < 1.29 is 9.63 Å². The number of amides is 1. The fourth-order valence-corrected chi connectivity index (χ4v) is 5.53. The maximum Gasteiger partial charge on any atom is 0.261 e. The largest absolute Gasteiger partial charge is 0.397 e. The van der Waals surface area contributed by atoms with Gasteiger partial charge in [0.15, 0.2) is 0 Å². The van der Waals surface area contributed by atoms with Gasteiger partial charge >= 0.3 is 0 Å². The van der Waals surface area contributed by atoms with Gasteiger partial charge in [-0.15, -0.1) is 0 Å². The Morgan fingerprint density at radius 3 is 2.40 bits per heavy atom. The number of benzene rings is 4. The summed E-state index contributed by atoms with van der Waals surface area (Å²) in [5.41, 5.74) is 15.4. The minimum Gasteiger partial charge on any atom is -0.397 e. The van der Waals surface area contributed by atoms with Crippen molar-refractivity contribution >= 4 is 46.5 Å². The number of nitrogens with zero attached hydrogens (tertiary/aromatic N) is 2. The lowest BCUT2D eigenvalue weighted by Crippen LogP contribution is -2.46. The van der Waals surface area contributed by atoms with Crippen LogP contribution in [0.25, 0.3) is 11.1 Å². The molecular formula is C31H32ClN5O2S. The van der Waals surface area contributed by atoms with Crippen LogP contribution in [0.3, 0.4) is 0 Å². The molecule has 0 spiro atoms. The maximum atomic E-state index is 12.7. The number of nitrogens with one attached hydrogen (secondary N) is 2. The van der Waals surface area contributed by atoms with Gasteiger partial charge in [0.1, 0.15) is 0 Å². The number of nitrogens with two attached hydrogens (primary N) is 1. The molecule has 9 heteroatoms. The molecular weight excluding hydrogens is 542 g/mol. The number of halogens is 1. The van der Waals surface area contributed by atoms with Gasteiger partial charge in [-0.05, 0) is 83.2 Å². The van der Waals surface area contributed by atoms with E-state index in [2.05, 4.69) is 56.4 Å². The number of nitrogen functional groups attached to an aromatic ring is 1. The average molecular weight is 574 g/mol. The van der Waals surface area contributed by atoms with E-state index in [0.29, 0.717) is 16.9 Å². The minimum atomic E-state index is -0.154. The average Bonchev–Trinajstić information content (AvgIpc) is 2.99. The van der Waals surface area contributed by atoms with Crippen LogP contribution in [0.15, 0.2) is 95.9 Å². The van der Waals surface area contributed by atoms with E-state index in [0.717, 1.165) is 48.3 Å². The Hall–Kier alpha value is -3.69. The van der Waals surface area contributed by atoms with Gasteiger partial charge < -0.3 is 10.6 Å². The number of carbonyl (C=O) groups is 1. The molecule has 1 amide bonds. The highest BCUT2D eigenvalue weighted by atomic mass is 35.5. The van der Waals surface area contributed by atoms with Gasteiger partial charge in [0, 0.05) is 53.9 Å². The van der Waals surface area contributed by atoms with Crippen LogP contribution in [-0.2, 0) is 11.4 Å². The van der Waals surface area contributed by atoms with Crippen molar-refractivity contribution in [1.82, 2.24) is 9.62 Å². The van der Waals surface area contributed by atoms with Gasteiger partial charge in [0.05, 0.1) is 18.5 Å². The first kappa shape index (κ1) is 27.9. The summed E-state index contributed by atoms with van der Waals surface area (Å²) in [7, 11) is 1.52. The van der Waals surface area contributed by atoms with Crippen LogP contribution in [0.2, 0.25) is 5.02 Å². The monoisotopic (exact) mass is 573 g/mol. The van der Waals surface area contributed by atoms with Crippen molar-refractivity contribution in [1.29, 1.82) is 0 Å². The summed E-state index contributed by atoms with van der Waals surface area (Å²) in [5.74, 6) is -0.154. The van der Waals surface area contributed by atoms with Crippen LogP contribution in [0.1, 0.15) is 15.9 Å². The van der Waals surface area contributed by atoms with Crippen LogP contribution in [0.4, 0.5) is 17.1 Å². The highest BCUT2D eigenvalue weighted by Crippen LogP contribution is 2.28. The summed E-state index contributed by atoms with van der Waals surface area (Å²) < 4.78 is 2.89. The lowest BCUT2D eigenvalue weighted by Gasteiger charge is -2.36. The van der Waals surface area contributed by atoms with Crippen LogP contribution >= 0.6 is 23.5 Å². The number of hydrogen-bond donors (Lipinski definition) is 3. The quantitative estimate of drug-likeness (QED) is 0.123. The van der Waals surface area contributed by atoms with Crippen molar-refractivity contribution in [3.05, 3.63) is 107 Å². The smallest absolute Gasteiger partial charge is 0.261 e. The van der Waals surface area contributed by atoms with E-state index in [1.54, 1.807) is 6.07 Å². The molecule has 1 aliphatic rings. The molecule has 4 aromatic rings. The summed E-state index contributed by atoms with van der Waals surface area (Å²) in [5, 5.41) is 0.748.